The predicted molar refractivity (Wildman–Crippen MR) is 115 cm³/mol. The number of aromatic hydroxyl groups is 1. The third kappa shape index (κ3) is 3.16. The number of ketones is 1. The van der Waals surface area contributed by atoms with Gasteiger partial charge in [-0.05, 0) is 48.4 Å². The lowest BCUT2D eigenvalue weighted by atomic mass is 9.94. The van der Waals surface area contributed by atoms with E-state index in [0.29, 0.717) is 22.7 Å². The van der Waals surface area contributed by atoms with Crippen LogP contribution in [0.5, 0.6) is 11.5 Å². The lowest BCUT2D eigenvalue weighted by Gasteiger charge is -2.23. The zero-order chi connectivity index (χ0) is 21.7. The van der Waals surface area contributed by atoms with Crippen molar-refractivity contribution in [1.82, 2.24) is 4.98 Å². The molecule has 156 valence electrons. The molecule has 2 aliphatic heterocycles. The van der Waals surface area contributed by atoms with E-state index in [2.05, 4.69) is 4.98 Å². The Kier molecular flexibility index (Phi) is 4.51. The number of benzene rings is 2. The highest BCUT2D eigenvalue weighted by molar-refractivity contribution is 7.14. The van der Waals surface area contributed by atoms with Crippen LogP contribution in [0.2, 0.25) is 0 Å². The van der Waals surface area contributed by atoms with E-state index in [1.807, 2.05) is 6.92 Å². The van der Waals surface area contributed by atoms with Gasteiger partial charge < -0.3 is 14.9 Å². The molecule has 7 nitrogen and oxygen atoms in total. The van der Waals surface area contributed by atoms with Crippen molar-refractivity contribution >= 4 is 33.9 Å². The highest BCUT2D eigenvalue weighted by atomic mass is 32.1. The van der Waals surface area contributed by atoms with E-state index in [1.54, 1.807) is 41.9 Å². The van der Waals surface area contributed by atoms with Crippen molar-refractivity contribution in [1.29, 1.82) is 0 Å². The molecule has 2 aliphatic rings. The van der Waals surface area contributed by atoms with E-state index in [4.69, 9.17) is 4.74 Å². The maximum Gasteiger partial charge on any atom is 0.301 e. The predicted octanol–water partition coefficient (Wildman–Crippen LogP) is 3.80. The second-order valence-electron chi connectivity index (χ2n) is 7.53. The number of phenols is 1. The molecule has 2 unspecified atom stereocenters. The molecule has 2 atom stereocenters. The maximum atomic E-state index is 13.1. The van der Waals surface area contributed by atoms with Gasteiger partial charge in [0.1, 0.15) is 23.4 Å². The zero-order valence-corrected chi connectivity index (χ0v) is 17.3. The highest BCUT2D eigenvalue weighted by Crippen LogP contribution is 2.43. The first kappa shape index (κ1) is 19.3. The molecule has 0 aliphatic carbocycles. The Morgan fingerprint density at radius 2 is 2.06 bits per heavy atom. The van der Waals surface area contributed by atoms with Crippen molar-refractivity contribution in [3.05, 3.63) is 76.3 Å². The van der Waals surface area contributed by atoms with Gasteiger partial charge in [0.15, 0.2) is 5.13 Å². The van der Waals surface area contributed by atoms with Gasteiger partial charge in [-0.25, -0.2) is 4.98 Å². The third-order valence-corrected chi connectivity index (χ3v) is 6.20. The van der Waals surface area contributed by atoms with Crippen molar-refractivity contribution in [3.63, 3.8) is 0 Å². The molecule has 0 saturated carbocycles. The average molecular weight is 434 g/mol. The molecule has 31 heavy (non-hydrogen) atoms. The summed E-state index contributed by atoms with van der Waals surface area (Å²) in [5, 5.41) is 23.2. The van der Waals surface area contributed by atoms with Crippen molar-refractivity contribution in [2.24, 2.45) is 0 Å². The average Bonchev–Trinajstić information content (AvgIpc) is 3.45. The Bertz CT molecular complexity index is 1230. The summed E-state index contributed by atoms with van der Waals surface area (Å²) < 4.78 is 5.71. The number of fused-ring (bicyclic) bond motifs is 1. The molecule has 3 heterocycles. The van der Waals surface area contributed by atoms with E-state index in [0.717, 1.165) is 11.3 Å². The molecule has 2 aromatic carbocycles. The highest BCUT2D eigenvalue weighted by Gasteiger charge is 2.48. The van der Waals surface area contributed by atoms with Crippen LogP contribution >= 0.6 is 11.3 Å². The van der Waals surface area contributed by atoms with Gasteiger partial charge in [0.05, 0.1) is 11.6 Å². The quantitative estimate of drug-likeness (QED) is 0.370. The molecule has 1 aromatic heterocycles. The normalized spacial score (nSPS) is 21.9. The number of rotatable bonds is 3. The van der Waals surface area contributed by atoms with E-state index in [9.17, 15) is 19.8 Å². The number of Topliss-reactive ketones (excluding diaryl/α,β-unsaturated/α-hetero) is 1. The molecule has 8 heteroatoms. The maximum absolute atomic E-state index is 13.1. The number of hydrogen-bond acceptors (Lipinski definition) is 7. The van der Waals surface area contributed by atoms with Gasteiger partial charge in [0.2, 0.25) is 0 Å². The minimum Gasteiger partial charge on any atom is -0.508 e. The van der Waals surface area contributed by atoms with E-state index < -0.39 is 17.7 Å². The van der Waals surface area contributed by atoms with Gasteiger partial charge in [-0.1, -0.05) is 12.1 Å². The Hall–Kier alpha value is -3.65. The Labute approximate surface area is 181 Å². The molecule has 1 fully saturated rings. The first-order valence-corrected chi connectivity index (χ1v) is 10.6. The monoisotopic (exact) mass is 434 g/mol. The first-order valence-electron chi connectivity index (χ1n) is 9.73. The molecule has 5 rings (SSSR count). The van der Waals surface area contributed by atoms with Crippen LogP contribution in [0.3, 0.4) is 0 Å². The number of phenolic OH excluding ortho intramolecular Hbond substituents is 1. The molecule has 0 spiro atoms. The molecule has 0 radical (unpaired) electrons. The number of anilines is 1. The summed E-state index contributed by atoms with van der Waals surface area (Å²) in [6, 6.07) is 10.6. The topological polar surface area (TPSA) is 100.0 Å². The molecule has 0 bridgehead atoms. The minimum atomic E-state index is -0.915. The fourth-order valence-corrected chi connectivity index (χ4v) is 4.77. The Morgan fingerprint density at radius 3 is 2.81 bits per heavy atom. The van der Waals surface area contributed by atoms with Crippen LogP contribution in [-0.4, -0.2) is 33.0 Å². The van der Waals surface area contributed by atoms with E-state index in [1.165, 1.54) is 28.4 Å². The van der Waals surface area contributed by atoms with Crippen LogP contribution < -0.4 is 9.64 Å². The fourth-order valence-electron chi connectivity index (χ4n) is 4.10. The second kappa shape index (κ2) is 7.24. The first-order chi connectivity index (χ1) is 14.9. The summed E-state index contributed by atoms with van der Waals surface area (Å²) in [6.07, 6.45) is 2.27. The molecule has 1 saturated heterocycles. The SMILES string of the molecule is CC1Cc2cc(C(O)=C3C(=O)C(=O)N(c4nccs4)C3c3cccc(O)c3)ccc2O1. The molecule has 1 amide bonds. The summed E-state index contributed by atoms with van der Waals surface area (Å²) in [6.45, 7) is 1.96. The summed E-state index contributed by atoms with van der Waals surface area (Å²) in [7, 11) is 0. The molecule has 3 aromatic rings. The number of thiazole rings is 1. The largest absolute Gasteiger partial charge is 0.508 e. The number of carbonyl (C=O) groups is 2. The van der Waals surface area contributed by atoms with Crippen molar-refractivity contribution in [2.45, 2.75) is 25.5 Å². The van der Waals surface area contributed by atoms with Crippen molar-refractivity contribution in [2.75, 3.05) is 4.90 Å². The summed E-state index contributed by atoms with van der Waals surface area (Å²) >= 11 is 1.21. The number of aliphatic hydroxyl groups is 1. The smallest absolute Gasteiger partial charge is 0.301 e. The number of nitrogens with zero attached hydrogens (tertiary/aromatic N) is 2. The van der Waals surface area contributed by atoms with E-state index >= 15 is 0 Å². The third-order valence-electron chi connectivity index (χ3n) is 5.43. The number of ether oxygens (including phenoxy) is 1. The lowest BCUT2D eigenvalue weighted by molar-refractivity contribution is -0.132. The number of aromatic nitrogens is 1. The van der Waals surface area contributed by atoms with Crippen LogP contribution in [0.25, 0.3) is 5.76 Å². The van der Waals surface area contributed by atoms with Gasteiger partial charge in [-0.15, -0.1) is 11.3 Å². The standard InChI is InChI=1S/C23H18N2O5S/c1-12-9-15-10-14(5-6-17(15)30-12)20(27)18-19(13-3-2-4-16(26)11-13)25(22(29)21(18)28)23-24-7-8-31-23/h2-8,10-12,19,26-27H,9H2,1H3. The summed E-state index contributed by atoms with van der Waals surface area (Å²) in [5.74, 6) is -1.11. The zero-order valence-electron chi connectivity index (χ0n) is 16.5. The molecule has 2 N–H and O–H groups in total. The van der Waals surface area contributed by atoms with Gasteiger partial charge in [-0.3, -0.25) is 14.5 Å². The number of amides is 1. The Morgan fingerprint density at radius 1 is 1.23 bits per heavy atom. The van der Waals surface area contributed by atoms with Crippen LogP contribution in [0.4, 0.5) is 5.13 Å². The van der Waals surface area contributed by atoms with Gasteiger partial charge in [0.25, 0.3) is 5.78 Å². The van der Waals surface area contributed by atoms with Gasteiger partial charge >= 0.3 is 5.91 Å². The molecular formula is C23H18N2O5S. The number of aliphatic hydroxyl groups excluding tert-OH is 1. The summed E-state index contributed by atoms with van der Waals surface area (Å²) in [5.41, 5.74) is 1.81. The van der Waals surface area contributed by atoms with Gasteiger partial charge in [0, 0.05) is 23.6 Å². The van der Waals surface area contributed by atoms with Crippen LogP contribution in [0.1, 0.15) is 29.7 Å². The van der Waals surface area contributed by atoms with Crippen LogP contribution in [0.15, 0.2) is 59.6 Å². The lowest BCUT2D eigenvalue weighted by Crippen LogP contribution is -2.29. The van der Waals surface area contributed by atoms with Crippen LogP contribution in [-0.2, 0) is 16.0 Å². The Balaban J connectivity index is 1.69. The number of carbonyl (C=O) groups excluding carboxylic acids is 2. The number of hydrogen-bond donors (Lipinski definition) is 2. The summed E-state index contributed by atoms with van der Waals surface area (Å²) in [4.78, 5) is 31.5. The minimum absolute atomic E-state index is 0.00843. The molecular weight excluding hydrogens is 416 g/mol. The van der Waals surface area contributed by atoms with Crippen molar-refractivity contribution in [3.8, 4) is 11.5 Å². The van der Waals surface area contributed by atoms with Gasteiger partial charge in [-0.2, -0.15) is 0 Å². The van der Waals surface area contributed by atoms with E-state index in [-0.39, 0.29) is 23.2 Å². The van der Waals surface area contributed by atoms with Crippen LogP contribution in [0, 0.1) is 0 Å². The van der Waals surface area contributed by atoms with Crippen molar-refractivity contribution < 1.29 is 24.5 Å². The fraction of sp³-hybridized carbons (Fsp3) is 0.174. The second-order valence-corrected chi connectivity index (χ2v) is 8.41.